The molecule has 0 fully saturated rings. The molecule has 0 atom stereocenters. The van der Waals surface area contributed by atoms with Gasteiger partial charge in [0.15, 0.2) is 5.84 Å². The average molecular weight is 280 g/mol. The van der Waals surface area contributed by atoms with Crippen LogP contribution in [0.4, 0.5) is 0 Å². The number of hydrogen-bond donors (Lipinski definition) is 2. The number of nitrogens with zero attached hydrogens (tertiary/aromatic N) is 3. The Labute approximate surface area is 120 Å². The van der Waals surface area contributed by atoms with E-state index in [1.807, 2.05) is 30.3 Å². The van der Waals surface area contributed by atoms with Crippen molar-refractivity contribution in [3.63, 3.8) is 0 Å². The van der Waals surface area contributed by atoms with Gasteiger partial charge in [-0.05, 0) is 30.3 Å². The monoisotopic (exact) mass is 280 g/mol. The summed E-state index contributed by atoms with van der Waals surface area (Å²) in [4.78, 5) is 8.28. The lowest BCUT2D eigenvalue weighted by Crippen LogP contribution is -2.14. The second-order valence-corrected chi connectivity index (χ2v) is 4.29. The second-order valence-electron chi connectivity index (χ2n) is 4.29. The number of aromatic nitrogens is 2. The Kier molecular flexibility index (Phi) is 3.34. The number of amidine groups is 1. The molecular weight excluding hydrogens is 268 g/mol. The molecule has 6 heteroatoms. The van der Waals surface area contributed by atoms with E-state index in [0.717, 1.165) is 10.9 Å². The van der Waals surface area contributed by atoms with E-state index in [0.29, 0.717) is 17.2 Å². The first kappa shape index (κ1) is 12.9. The number of benzene rings is 1. The Bertz CT molecular complexity index is 812. The molecule has 0 bridgehead atoms. The second kappa shape index (κ2) is 5.46. The normalized spacial score (nSPS) is 11.5. The molecule has 0 saturated heterocycles. The summed E-state index contributed by atoms with van der Waals surface area (Å²) >= 11 is 0. The van der Waals surface area contributed by atoms with E-state index < -0.39 is 0 Å². The summed E-state index contributed by atoms with van der Waals surface area (Å²) in [5.74, 6) is 1.15. The highest BCUT2D eigenvalue weighted by molar-refractivity contribution is 5.95. The van der Waals surface area contributed by atoms with Crippen LogP contribution in [-0.4, -0.2) is 21.0 Å². The molecule has 2 heterocycles. The summed E-state index contributed by atoms with van der Waals surface area (Å²) in [6.07, 6.45) is 3.27. The molecule has 1 aromatic carbocycles. The molecule has 0 aliphatic rings. The first-order valence-electron chi connectivity index (χ1n) is 6.23. The average Bonchev–Trinajstić information content (AvgIpc) is 2.55. The van der Waals surface area contributed by atoms with Gasteiger partial charge in [0.05, 0.1) is 5.52 Å². The van der Waals surface area contributed by atoms with Crippen LogP contribution in [0.3, 0.4) is 0 Å². The van der Waals surface area contributed by atoms with Crippen LogP contribution in [0, 0.1) is 0 Å². The summed E-state index contributed by atoms with van der Waals surface area (Å²) in [5.41, 5.74) is 6.71. The van der Waals surface area contributed by atoms with E-state index in [9.17, 15) is 0 Å². The SMILES string of the molecule is N/C(=N/O)c1cc(Oc2cccc3ncccc23)ccn1. The molecule has 0 radical (unpaired) electrons. The van der Waals surface area contributed by atoms with Gasteiger partial charge in [-0.1, -0.05) is 11.2 Å². The van der Waals surface area contributed by atoms with E-state index >= 15 is 0 Å². The van der Waals surface area contributed by atoms with Crippen molar-refractivity contribution >= 4 is 16.7 Å². The third-order valence-electron chi connectivity index (χ3n) is 2.94. The van der Waals surface area contributed by atoms with Crippen molar-refractivity contribution in [3.05, 3.63) is 60.6 Å². The van der Waals surface area contributed by atoms with E-state index in [-0.39, 0.29) is 5.84 Å². The molecule has 21 heavy (non-hydrogen) atoms. The van der Waals surface area contributed by atoms with Crippen molar-refractivity contribution in [2.24, 2.45) is 10.9 Å². The van der Waals surface area contributed by atoms with Crippen molar-refractivity contribution in [1.82, 2.24) is 9.97 Å². The topological polar surface area (TPSA) is 93.6 Å². The van der Waals surface area contributed by atoms with Crippen LogP contribution in [-0.2, 0) is 0 Å². The van der Waals surface area contributed by atoms with Crippen LogP contribution in [0.25, 0.3) is 10.9 Å². The van der Waals surface area contributed by atoms with Crippen molar-refractivity contribution in [2.75, 3.05) is 0 Å². The molecule has 3 aromatic rings. The van der Waals surface area contributed by atoms with Crippen LogP contribution in [0.2, 0.25) is 0 Å². The summed E-state index contributed by atoms with van der Waals surface area (Å²) in [5, 5.41) is 12.5. The van der Waals surface area contributed by atoms with Crippen molar-refractivity contribution < 1.29 is 9.94 Å². The van der Waals surface area contributed by atoms with Gasteiger partial charge in [-0.25, -0.2) is 0 Å². The van der Waals surface area contributed by atoms with Gasteiger partial charge in [-0.2, -0.15) is 0 Å². The van der Waals surface area contributed by atoms with Crippen LogP contribution in [0.1, 0.15) is 5.69 Å². The van der Waals surface area contributed by atoms with Crippen LogP contribution < -0.4 is 10.5 Å². The molecule has 0 amide bonds. The van der Waals surface area contributed by atoms with E-state index in [1.54, 1.807) is 18.3 Å². The zero-order valence-electron chi connectivity index (χ0n) is 11.0. The number of rotatable bonds is 3. The summed E-state index contributed by atoms with van der Waals surface area (Å²) in [7, 11) is 0. The van der Waals surface area contributed by atoms with Crippen LogP contribution in [0.15, 0.2) is 60.0 Å². The lowest BCUT2D eigenvalue weighted by molar-refractivity contribution is 0.318. The minimum Gasteiger partial charge on any atom is -0.457 e. The molecule has 0 aliphatic carbocycles. The summed E-state index contributed by atoms with van der Waals surface area (Å²) in [6.45, 7) is 0. The van der Waals surface area contributed by atoms with Crippen molar-refractivity contribution in [1.29, 1.82) is 0 Å². The maximum absolute atomic E-state index is 8.68. The molecule has 3 N–H and O–H groups in total. The number of pyridine rings is 2. The maximum Gasteiger partial charge on any atom is 0.188 e. The number of oxime groups is 1. The molecular formula is C15H12N4O2. The van der Waals surface area contributed by atoms with Gasteiger partial charge in [-0.3, -0.25) is 9.97 Å². The standard InChI is InChI=1S/C15H12N4O2/c16-15(19-20)13-9-10(6-8-18-13)21-14-5-1-4-12-11(14)3-2-7-17-12/h1-9,20H,(H2,16,19). The van der Waals surface area contributed by atoms with Crippen LogP contribution in [0.5, 0.6) is 11.5 Å². The Balaban J connectivity index is 1.99. The quantitative estimate of drug-likeness (QED) is 0.333. The van der Waals surface area contributed by atoms with Gasteiger partial charge in [0.1, 0.15) is 17.2 Å². The van der Waals surface area contributed by atoms with Gasteiger partial charge >= 0.3 is 0 Å². The van der Waals surface area contributed by atoms with Gasteiger partial charge in [-0.15, -0.1) is 0 Å². The highest BCUT2D eigenvalue weighted by Gasteiger charge is 2.06. The van der Waals surface area contributed by atoms with Gasteiger partial charge in [0, 0.05) is 23.8 Å². The summed E-state index contributed by atoms with van der Waals surface area (Å²) < 4.78 is 5.85. The highest BCUT2D eigenvalue weighted by atomic mass is 16.5. The zero-order valence-corrected chi connectivity index (χ0v) is 11.0. The summed E-state index contributed by atoms with van der Waals surface area (Å²) in [6, 6.07) is 12.7. The van der Waals surface area contributed by atoms with Gasteiger partial charge in [0.2, 0.25) is 0 Å². The molecule has 0 spiro atoms. The van der Waals surface area contributed by atoms with E-state index in [1.165, 1.54) is 6.20 Å². The van der Waals surface area contributed by atoms with Crippen molar-refractivity contribution in [3.8, 4) is 11.5 Å². The fraction of sp³-hybridized carbons (Fsp3) is 0. The molecule has 2 aromatic heterocycles. The fourth-order valence-electron chi connectivity index (χ4n) is 1.96. The highest BCUT2D eigenvalue weighted by Crippen LogP contribution is 2.28. The lowest BCUT2D eigenvalue weighted by Gasteiger charge is -2.09. The predicted octanol–water partition coefficient (Wildman–Crippen LogP) is 2.52. The third kappa shape index (κ3) is 2.59. The first-order valence-corrected chi connectivity index (χ1v) is 6.23. The number of fused-ring (bicyclic) bond motifs is 1. The smallest absolute Gasteiger partial charge is 0.188 e. The van der Waals surface area contributed by atoms with Crippen molar-refractivity contribution in [2.45, 2.75) is 0 Å². The van der Waals surface area contributed by atoms with E-state index in [2.05, 4.69) is 15.1 Å². The molecule has 0 aliphatic heterocycles. The van der Waals surface area contributed by atoms with Crippen LogP contribution >= 0.6 is 0 Å². The zero-order chi connectivity index (χ0) is 14.7. The number of hydrogen-bond acceptors (Lipinski definition) is 5. The molecule has 104 valence electrons. The van der Waals surface area contributed by atoms with Gasteiger partial charge < -0.3 is 15.7 Å². The van der Waals surface area contributed by atoms with Gasteiger partial charge in [0.25, 0.3) is 0 Å². The number of ether oxygens (including phenoxy) is 1. The predicted molar refractivity (Wildman–Crippen MR) is 78.6 cm³/mol. The number of nitrogens with two attached hydrogens (primary N) is 1. The Morgan fingerprint density at radius 1 is 1.10 bits per heavy atom. The molecule has 6 nitrogen and oxygen atoms in total. The fourth-order valence-corrected chi connectivity index (χ4v) is 1.96. The largest absolute Gasteiger partial charge is 0.457 e. The Morgan fingerprint density at radius 3 is 2.86 bits per heavy atom. The molecule has 3 rings (SSSR count). The first-order chi connectivity index (χ1) is 10.3. The third-order valence-corrected chi connectivity index (χ3v) is 2.94. The lowest BCUT2D eigenvalue weighted by atomic mass is 10.2. The minimum absolute atomic E-state index is 0.0694. The minimum atomic E-state index is -0.0694. The Hall–Kier alpha value is -3.15. The maximum atomic E-state index is 8.68. The van der Waals surface area contributed by atoms with E-state index in [4.69, 9.17) is 15.7 Å². The Morgan fingerprint density at radius 2 is 2.00 bits per heavy atom. The molecule has 0 unspecified atom stereocenters. The molecule has 0 saturated carbocycles.